The minimum absolute atomic E-state index is 0.137. The summed E-state index contributed by atoms with van der Waals surface area (Å²) >= 11 is 6.44. The number of likely N-dealkylation sites (N-methyl/N-ethyl adjacent to an activating group) is 2. The van der Waals surface area contributed by atoms with Crippen LogP contribution in [0.15, 0.2) is 35.3 Å². The number of piperazine rings is 1. The third-order valence-corrected chi connectivity index (χ3v) is 6.81. The molecule has 0 bridgehead atoms. The van der Waals surface area contributed by atoms with Crippen molar-refractivity contribution in [3.8, 4) is 5.75 Å². The van der Waals surface area contributed by atoms with E-state index in [1.807, 2.05) is 18.2 Å². The van der Waals surface area contributed by atoms with Gasteiger partial charge in [0.2, 0.25) is 5.95 Å². The molecule has 0 aliphatic carbocycles. The zero-order valence-electron chi connectivity index (χ0n) is 21.6. The molecule has 10 nitrogen and oxygen atoms in total. The van der Waals surface area contributed by atoms with Gasteiger partial charge in [0, 0.05) is 50.8 Å². The maximum Gasteiger partial charge on any atom is 0.293 e. The Hall–Kier alpha value is -3.37. The number of amides is 1. The van der Waals surface area contributed by atoms with Crippen molar-refractivity contribution < 1.29 is 9.53 Å². The largest absolute Gasteiger partial charge is 0.478 e. The number of hydrogen-bond acceptors (Lipinski definition) is 8. The first-order valence-corrected chi connectivity index (χ1v) is 13.1. The van der Waals surface area contributed by atoms with E-state index >= 15 is 0 Å². The maximum absolute atomic E-state index is 13.1. The van der Waals surface area contributed by atoms with Gasteiger partial charge in [-0.25, -0.2) is 4.98 Å². The van der Waals surface area contributed by atoms with E-state index in [4.69, 9.17) is 21.3 Å². The monoisotopic (exact) mass is 527 g/mol. The molecule has 11 heteroatoms. The summed E-state index contributed by atoms with van der Waals surface area (Å²) in [5.41, 5.74) is 1.30. The summed E-state index contributed by atoms with van der Waals surface area (Å²) in [5.74, 6) is 0.985. The lowest BCUT2D eigenvalue weighted by molar-refractivity contribution is -0.122. The first-order chi connectivity index (χ1) is 17.9. The predicted octanol–water partition coefficient (Wildman–Crippen LogP) is 3.26. The molecule has 0 atom stereocenters. The van der Waals surface area contributed by atoms with Gasteiger partial charge in [-0.15, -0.1) is 0 Å². The molecule has 1 fully saturated rings. The summed E-state index contributed by atoms with van der Waals surface area (Å²) in [7, 11) is 1.53. The van der Waals surface area contributed by atoms with Crippen molar-refractivity contribution >= 4 is 45.9 Å². The Labute approximate surface area is 221 Å². The van der Waals surface area contributed by atoms with Gasteiger partial charge < -0.3 is 29.7 Å². The average Bonchev–Trinajstić information content (AvgIpc) is 2.92. The smallest absolute Gasteiger partial charge is 0.293 e. The number of ether oxygens (including phenoxy) is 1. The number of benzene rings is 1. The Bertz CT molecular complexity index is 1310. The number of nitrogens with one attached hydrogen (secondary N) is 2. The molecule has 1 aliphatic heterocycles. The number of unbranched alkanes of at least 4 members (excludes halogenated alkanes) is 1. The molecule has 37 heavy (non-hydrogen) atoms. The van der Waals surface area contributed by atoms with Gasteiger partial charge in [0.05, 0.1) is 11.7 Å². The number of pyridine rings is 1. The molecule has 1 saturated heterocycles. The second kappa shape index (κ2) is 12.2. The number of aryl methyl sites for hydroxylation is 1. The van der Waals surface area contributed by atoms with Crippen molar-refractivity contribution in [3.05, 3.63) is 45.8 Å². The molecule has 2 N–H and O–H groups in total. The standard InChI is InChI=1S/C26H34ClN7O3/c1-4-6-9-34-21-8-7-19(14-18(21)15-22(25(34)36)37-17-23(35)28-3)30-24-20(27)16-29-26(31-24)33-12-10-32(5-2)11-13-33/h7-8,14-16H,4-6,9-13,17H2,1-3H3,(H,28,35)(H,29,30,31). The van der Waals surface area contributed by atoms with Crippen LogP contribution in [0.1, 0.15) is 26.7 Å². The fraction of sp³-hybridized carbons (Fsp3) is 0.462. The number of carbonyl (C=O) groups excluding carboxylic acids is 1. The lowest BCUT2D eigenvalue weighted by Gasteiger charge is -2.34. The van der Waals surface area contributed by atoms with Gasteiger partial charge in [-0.3, -0.25) is 9.59 Å². The molecule has 2 aromatic heterocycles. The minimum atomic E-state index is -0.305. The third-order valence-electron chi connectivity index (χ3n) is 6.53. The number of hydrogen-bond donors (Lipinski definition) is 2. The van der Waals surface area contributed by atoms with E-state index in [9.17, 15) is 9.59 Å². The van der Waals surface area contributed by atoms with E-state index in [1.54, 1.807) is 16.8 Å². The van der Waals surface area contributed by atoms with Gasteiger partial charge in [0.25, 0.3) is 11.5 Å². The highest BCUT2D eigenvalue weighted by Gasteiger charge is 2.19. The number of fused-ring (bicyclic) bond motifs is 1. The second-order valence-corrected chi connectivity index (χ2v) is 9.37. The normalized spacial score (nSPS) is 14.1. The molecule has 0 radical (unpaired) electrons. The number of rotatable bonds is 10. The summed E-state index contributed by atoms with van der Waals surface area (Å²) in [6.45, 7) is 9.27. The van der Waals surface area contributed by atoms with Crippen LogP contribution in [0.2, 0.25) is 5.02 Å². The Morgan fingerprint density at radius 2 is 1.95 bits per heavy atom. The Balaban J connectivity index is 1.63. The van der Waals surface area contributed by atoms with Gasteiger partial charge in [-0.2, -0.15) is 4.98 Å². The van der Waals surface area contributed by atoms with Crippen LogP contribution in [-0.2, 0) is 11.3 Å². The van der Waals surface area contributed by atoms with Gasteiger partial charge in [-0.1, -0.05) is 31.9 Å². The molecule has 0 saturated carbocycles. The highest BCUT2D eigenvalue weighted by Crippen LogP contribution is 2.28. The van der Waals surface area contributed by atoms with Crippen molar-refractivity contribution in [2.75, 3.05) is 56.6 Å². The molecule has 4 rings (SSSR count). The van der Waals surface area contributed by atoms with E-state index in [1.165, 1.54) is 7.05 Å². The van der Waals surface area contributed by atoms with Crippen molar-refractivity contribution in [3.63, 3.8) is 0 Å². The second-order valence-electron chi connectivity index (χ2n) is 8.97. The van der Waals surface area contributed by atoms with Crippen molar-refractivity contribution in [2.24, 2.45) is 0 Å². The third kappa shape index (κ3) is 6.31. The van der Waals surface area contributed by atoms with Crippen LogP contribution in [0, 0.1) is 0 Å². The summed E-state index contributed by atoms with van der Waals surface area (Å²) in [6, 6.07) is 7.39. The quantitative estimate of drug-likeness (QED) is 0.414. The fourth-order valence-electron chi connectivity index (χ4n) is 4.29. The molecule has 1 amide bonds. The van der Waals surface area contributed by atoms with Gasteiger partial charge in [-0.05, 0) is 37.2 Å². The number of anilines is 3. The van der Waals surface area contributed by atoms with Crippen molar-refractivity contribution in [1.29, 1.82) is 0 Å². The SMILES string of the molecule is CCCCn1c(=O)c(OCC(=O)NC)cc2cc(Nc3nc(N4CCN(CC)CC4)ncc3Cl)ccc21. The predicted molar refractivity (Wildman–Crippen MR) is 147 cm³/mol. The lowest BCUT2D eigenvalue weighted by Crippen LogP contribution is -2.46. The number of halogens is 1. The molecule has 3 aromatic rings. The van der Waals surface area contributed by atoms with Crippen LogP contribution in [0.3, 0.4) is 0 Å². The summed E-state index contributed by atoms with van der Waals surface area (Å²) in [4.78, 5) is 38.5. The number of aromatic nitrogens is 3. The Kier molecular flexibility index (Phi) is 8.83. The highest BCUT2D eigenvalue weighted by atomic mass is 35.5. The fourth-order valence-corrected chi connectivity index (χ4v) is 4.43. The average molecular weight is 528 g/mol. The van der Waals surface area contributed by atoms with E-state index in [-0.39, 0.29) is 23.8 Å². The lowest BCUT2D eigenvalue weighted by atomic mass is 10.1. The molecule has 0 unspecified atom stereocenters. The first kappa shape index (κ1) is 26.7. The van der Waals surface area contributed by atoms with Crippen LogP contribution in [0.4, 0.5) is 17.5 Å². The van der Waals surface area contributed by atoms with Crippen LogP contribution in [-0.4, -0.2) is 71.7 Å². The van der Waals surface area contributed by atoms with Crippen LogP contribution in [0.25, 0.3) is 10.9 Å². The zero-order chi connectivity index (χ0) is 26.4. The Morgan fingerprint density at radius 3 is 2.65 bits per heavy atom. The first-order valence-electron chi connectivity index (χ1n) is 12.7. The van der Waals surface area contributed by atoms with E-state index in [2.05, 4.69) is 39.3 Å². The molecule has 198 valence electrons. The molecule has 3 heterocycles. The summed E-state index contributed by atoms with van der Waals surface area (Å²) in [5, 5.41) is 7.02. The number of nitrogens with zero attached hydrogens (tertiary/aromatic N) is 5. The molecule has 0 spiro atoms. The van der Waals surface area contributed by atoms with Crippen LogP contribution >= 0.6 is 11.6 Å². The summed E-state index contributed by atoms with van der Waals surface area (Å²) in [6.07, 6.45) is 3.41. The van der Waals surface area contributed by atoms with Crippen LogP contribution < -0.4 is 25.8 Å². The summed E-state index contributed by atoms with van der Waals surface area (Å²) < 4.78 is 7.28. The van der Waals surface area contributed by atoms with E-state index < -0.39 is 0 Å². The molecule has 1 aromatic carbocycles. The van der Waals surface area contributed by atoms with Gasteiger partial charge in [0.15, 0.2) is 18.2 Å². The van der Waals surface area contributed by atoms with Crippen molar-refractivity contribution in [1.82, 2.24) is 24.8 Å². The van der Waals surface area contributed by atoms with Gasteiger partial charge >= 0.3 is 0 Å². The van der Waals surface area contributed by atoms with E-state index in [0.29, 0.717) is 23.3 Å². The van der Waals surface area contributed by atoms with Gasteiger partial charge in [0.1, 0.15) is 5.02 Å². The van der Waals surface area contributed by atoms with Crippen molar-refractivity contribution in [2.45, 2.75) is 33.2 Å². The minimum Gasteiger partial charge on any atom is -0.478 e. The Morgan fingerprint density at radius 1 is 1.16 bits per heavy atom. The molecular weight excluding hydrogens is 494 g/mol. The van der Waals surface area contributed by atoms with Crippen LogP contribution in [0.5, 0.6) is 5.75 Å². The topological polar surface area (TPSA) is 105 Å². The molecular formula is C26H34ClN7O3. The maximum atomic E-state index is 13.1. The number of carbonyl (C=O) groups is 1. The van der Waals surface area contributed by atoms with E-state index in [0.717, 1.165) is 62.2 Å². The zero-order valence-corrected chi connectivity index (χ0v) is 22.3. The highest BCUT2D eigenvalue weighted by molar-refractivity contribution is 6.32. The molecule has 1 aliphatic rings.